The molecule has 1 saturated heterocycles. The average molecular weight is 349 g/mol. The molecular formula is C21H36N2O2. The van der Waals surface area contributed by atoms with Crippen LogP contribution >= 0.6 is 0 Å². The fourth-order valence-corrected chi connectivity index (χ4v) is 3.07. The quantitative estimate of drug-likeness (QED) is 0.542. The maximum absolute atomic E-state index is 5.68. The average Bonchev–Trinajstić information content (AvgIpc) is 2.66. The standard InChI is InChI=1S/C21H36N2O2/c1-3-5-15-24-17-18-25-16-14-22-10-12-23(13-11-22)19-21-8-6-20(4-2)7-9-21/h6-9H,3-5,10-19H2,1-2H3. The number of rotatable bonds is 12. The summed E-state index contributed by atoms with van der Waals surface area (Å²) in [5.74, 6) is 0. The van der Waals surface area contributed by atoms with Gasteiger partial charge in [0.25, 0.3) is 0 Å². The SMILES string of the molecule is CCCCOCCOCCN1CCN(Cc2ccc(CC)cc2)CC1. The van der Waals surface area contributed by atoms with Gasteiger partial charge in [0.2, 0.25) is 0 Å². The van der Waals surface area contributed by atoms with Crippen molar-refractivity contribution in [3.05, 3.63) is 35.4 Å². The number of unbranched alkanes of at least 4 members (excludes halogenated alkanes) is 1. The number of hydrogen-bond donors (Lipinski definition) is 0. The number of benzene rings is 1. The Bertz CT molecular complexity index is 442. The van der Waals surface area contributed by atoms with Gasteiger partial charge in [-0.2, -0.15) is 0 Å². The van der Waals surface area contributed by atoms with Crippen LogP contribution in [0.15, 0.2) is 24.3 Å². The van der Waals surface area contributed by atoms with Gasteiger partial charge in [-0.1, -0.05) is 44.5 Å². The molecule has 1 heterocycles. The highest BCUT2D eigenvalue weighted by Gasteiger charge is 2.16. The van der Waals surface area contributed by atoms with E-state index >= 15 is 0 Å². The first-order chi connectivity index (χ1) is 12.3. The minimum Gasteiger partial charge on any atom is -0.379 e. The Morgan fingerprint density at radius 3 is 2.00 bits per heavy atom. The maximum Gasteiger partial charge on any atom is 0.0701 e. The largest absolute Gasteiger partial charge is 0.379 e. The highest BCUT2D eigenvalue weighted by atomic mass is 16.5. The number of nitrogens with zero attached hydrogens (tertiary/aromatic N) is 2. The molecule has 1 aromatic carbocycles. The van der Waals surface area contributed by atoms with Gasteiger partial charge in [0.05, 0.1) is 19.8 Å². The second-order valence-electron chi connectivity index (χ2n) is 6.87. The molecule has 1 aliphatic heterocycles. The van der Waals surface area contributed by atoms with Gasteiger partial charge < -0.3 is 9.47 Å². The molecule has 1 aliphatic rings. The molecule has 25 heavy (non-hydrogen) atoms. The van der Waals surface area contributed by atoms with E-state index in [2.05, 4.69) is 47.9 Å². The molecule has 0 aromatic heterocycles. The fraction of sp³-hybridized carbons (Fsp3) is 0.714. The second-order valence-corrected chi connectivity index (χ2v) is 6.87. The third kappa shape index (κ3) is 8.32. The van der Waals surface area contributed by atoms with E-state index in [1.807, 2.05) is 0 Å². The molecule has 4 heteroatoms. The molecule has 0 unspecified atom stereocenters. The zero-order valence-electron chi connectivity index (χ0n) is 16.2. The smallest absolute Gasteiger partial charge is 0.0701 e. The van der Waals surface area contributed by atoms with Crippen LogP contribution in [-0.2, 0) is 22.4 Å². The van der Waals surface area contributed by atoms with Gasteiger partial charge in [0.15, 0.2) is 0 Å². The summed E-state index contributed by atoms with van der Waals surface area (Å²) in [7, 11) is 0. The second kappa shape index (κ2) is 12.4. The van der Waals surface area contributed by atoms with Crippen molar-refractivity contribution in [2.75, 3.05) is 59.2 Å². The molecule has 4 nitrogen and oxygen atoms in total. The van der Waals surface area contributed by atoms with Crippen LogP contribution in [0, 0.1) is 0 Å². The third-order valence-electron chi connectivity index (χ3n) is 4.87. The monoisotopic (exact) mass is 348 g/mol. The van der Waals surface area contributed by atoms with Crippen molar-refractivity contribution in [3.63, 3.8) is 0 Å². The Labute approximate surface area is 154 Å². The number of ether oxygens (including phenoxy) is 2. The number of piperazine rings is 1. The first kappa shape index (κ1) is 20.4. The van der Waals surface area contributed by atoms with Gasteiger partial charge in [-0.15, -0.1) is 0 Å². The highest BCUT2D eigenvalue weighted by Crippen LogP contribution is 2.10. The van der Waals surface area contributed by atoms with E-state index in [1.54, 1.807) is 0 Å². The van der Waals surface area contributed by atoms with Crippen molar-refractivity contribution < 1.29 is 9.47 Å². The summed E-state index contributed by atoms with van der Waals surface area (Å²) >= 11 is 0. The van der Waals surface area contributed by atoms with Crippen molar-refractivity contribution in [1.29, 1.82) is 0 Å². The van der Waals surface area contributed by atoms with E-state index in [-0.39, 0.29) is 0 Å². The van der Waals surface area contributed by atoms with E-state index in [1.165, 1.54) is 17.5 Å². The highest BCUT2D eigenvalue weighted by molar-refractivity contribution is 5.22. The van der Waals surface area contributed by atoms with Gasteiger partial charge in [0, 0.05) is 45.9 Å². The lowest BCUT2D eigenvalue weighted by Crippen LogP contribution is -2.46. The molecule has 0 radical (unpaired) electrons. The van der Waals surface area contributed by atoms with Gasteiger partial charge in [-0.25, -0.2) is 0 Å². The molecular weight excluding hydrogens is 312 g/mol. The zero-order valence-corrected chi connectivity index (χ0v) is 16.2. The minimum absolute atomic E-state index is 0.720. The number of hydrogen-bond acceptors (Lipinski definition) is 4. The number of aryl methyl sites for hydroxylation is 1. The summed E-state index contributed by atoms with van der Waals surface area (Å²) in [6.45, 7) is 14.2. The zero-order chi connectivity index (χ0) is 17.7. The molecule has 1 aromatic rings. The summed E-state index contributed by atoms with van der Waals surface area (Å²) in [6.07, 6.45) is 3.45. The van der Waals surface area contributed by atoms with Crippen molar-refractivity contribution in [3.8, 4) is 0 Å². The molecule has 0 atom stereocenters. The summed E-state index contributed by atoms with van der Waals surface area (Å²) in [5, 5.41) is 0. The molecule has 2 rings (SSSR count). The van der Waals surface area contributed by atoms with Crippen LogP contribution < -0.4 is 0 Å². The van der Waals surface area contributed by atoms with Crippen LogP contribution in [0.25, 0.3) is 0 Å². The van der Waals surface area contributed by atoms with Crippen LogP contribution in [0.5, 0.6) is 0 Å². The third-order valence-corrected chi connectivity index (χ3v) is 4.87. The van der Waals surface area contributed by atoms with Crippen molar-refractivity contribution >= 4 is 0 Å². The first-order valence-electron chi connectivity index (χ1n) is 9.99. The molecule has 142 valence electrons. The van der Waals surface area contributed by atoms with Crippen molar-refractivity contribution in [1.82, 2.24) is 9.80 Å². The summed E-state index contributed by atoms with van der Waals surface area (Å²) in [6, 6.07) is 9.08. The van der Waals surface area contributed by atoms with Gasteiger partial charge in [-0.05, 0) is 24.0 Å². The van der Waals surface area contributed by atoms with E-state index in [9.17, 15) is 0 Å². The Morgan fingerprint density at radius 2 is 1.36 bits per heavy atom. The Kier molecular flexibility index (Phi) is 10.1. The Morgan fingerprint density at radius 1 is 0.760 bits per heavy atom. The van der Waals surface area contributed by atoms with E-state index in [4.69, 9.17) is 9.47 Å². The molecule has 0 aliphatic carbocycles. The Balaban J connectivity index is 1.51. The molecule has 1 fully saturated rings. The van der Waals surface area contributed by atoms with Crippen molar-refractivity contribution in [2.45, 2.75) is 39.7 Å². The van der Waals surface area contributed by atoms with Gasteiger partial charge in [0.1, 0.15) is 0 Å². The van der Waals surface area contributed by atoms with Gasteiger partial charge in [-0.3, -0.25) is 9.80 Å². The first-order valence-corrected chi connectivity index (χ1v) is 9.99. The molecule has 0 saturated carbocycles. The van der Waals surface area contributed by atoms with Crippen LogP contribution in [0.4, 0.5) is 0 Å². The molecule has 0 N–H and O–H groups in total. The van der Waals surface area contributed by atoms with E-state index in [0.29, 0.717) is 0 Å². The fourth-order valence-electron chi connectivity index (χ4n) is 3.07. The lowest BCUT2D eigenvalue weighted by atomic mass is 10.1. The van der Waals surface area contributed by atoms with E-state index < -0.39 is 0 Å². The minimum atomic E-state index is 0.720. The summed E-state index contributed by atoms with van der Waals surface area (Å²) in [5.41, 5.74) is 2.85. The van der Waals surface area contributed by atoms with Crippen LogP contribution in [0.3, 0.4) is 0 Å². The van der Waals surface area contributed by atoms with Gasteiger partial charge >= 0.3 is 0 Å². The molecule has 0 bridgehead atoms. The van der Waals surface area contributed by atoms with Crippen molar-refractivity contribution in [2.24, 2.45) is 0 Å². The lowest BCUT2D eigenvalue weighted by Gasteiger charge is -2.34. The van der Waals surface area contributed by atoms with E-state index in [0.717, 1.165) is 78.5 Å². The Hall–Kier alpha value is -0.940. The topological polar surface area (TPSA) is 24.9 Å². The maximum atomic E-state index is 5.68. The lowest BCUT2D eigenvalue weighted by molar-refractivity contribution is 0.0305. The summed E-state index contributed by atoms with van der Waals surface area (Å²) in [4.78, 5) is 5.06. The normalized spacial score (nSPS) is 16.4. The van der Waals surface area contributed by atoms with Crippen LogP contribution in [-0.4, -0.2) is 69.0 Å². The van der Waals surface area contributed by atoms with Crippen LogP contribution in [0.1, 0.15) is 37.8 Å². The molecule has 0 amide bonds. The molecule has 0 spiro atoms. The predicted octanol–water partition coefficient (Wildman–Crippen LogP) is 3.20. The summed E-state index contributed by atoms with van der Waals surface area (Å²) < 4.78 is 11.2. The predicted molar refractivity (Wildman–Crippen MR) is 104 cm³/mol. The van der Waals surface area contributed by atoms with Crippen LogP contribution in [0.2, 0.25) is 0 Å².